The Balaban J connectivity index is 1.60. The summed E-state index contributed by atoms with van der Waals surface area (Å²) in [6, 6.07) is 8.44. The molecule has 0 aromatic heterocycles. The van der Waals surface area contributed by atoms with Crippen molar-refractivity contribution in [2.24, 2.45) is 5.92 Å². The minimum atomic E-state index is -0.796. The van der Waals surface area contributed by atoms with Crippen molar-refractivity contribution >= 4 is 17.9 Å². The number of hydrogen-bond acceptors (Lipinski definition) is 5. The van der Waals surface area contributed by atoms with Crippen LogP contribution in [0.2, 0.25) is 0 Å². The van der Waals surface area contributed by atoms with Crippen molar-refractivity contribution in [3.8, 4) is 0 Å². The van der Waals surface area contributed by atoms with Crippen LogP contribution in [0, 0.1) is 5.92 Å². The highest BCUT2D eigenvalue weighted by molar-refractivity contribution is 6.03. The van der Waals surface area contributed by atoms with Crippen molar-refractivity contribution in [2.75, 3.05) is 6.54 Å². The molecule has 1 aliphatic heterocycles. The summed E-state index contributed by atoms with van der Waals surface area (Å²) in [5.74, 6) is -0.795. The van der Waals surface area contributed by atoms with Gasteiger partial charge in [0.25, 0.3) is 5.91 Å². The number of hydrazine groups is 1. The van der Waals surface area contributed by atoms with Gasteiger partial charge in [0.1, 0.15) is 6.04 Å². The average Bonchev–Trinajstić information content (AvgIpc) is 3.04. The standard InChI is InChI=1S/C25H37N3O5/c29-22(20-13-7-4-8-14-20)17-26-28-21(15-9-1-2-10-16-23(30)31)24(32)27(25(28)33)18-19-11-5-3-6-12-19/h3,5-6,11-12,20-22,26,29H,1-2,4,7-10,13-18H2,(H,30,31). The lowest BCUT2D eigenvalue weighted by Crippen LogP contribution is -2.49. The number of carboxylic acids is 1. The van der Waals surface area contributed by atoms with Crippen LogP contribution in [0.5, 0.6) is 0 Å². The number of amides is 3. The SMILES string of the molecule is O=C(O)CCCCCCC1C(=O)N(Cc2ccccc2)C(=O)N1NCC(O)C1CCCCC1. The van der Waals surface area contributed by atoms with E-state index >= 15 is 0 Å². The monoisotopic (exact) mass is 459 g/mol. The Morgan fingerprint density at radius 3 is 2.42 bits per heavy atom. The van der Waals surface area contributed by atoms with E-state index in [9.17, 15) is 19.5 Å². The number of unbranched alkanes of at least 4 members (excludes halogenated alkanes) is 3. The predicted octanol–water partition coefficient (Wildman–Crippen LogP) is 3.69. The lowest BCUT2D eigenvalue weighted by atomic mass is 9.85. The molecule has 3 rings (SSSR count). The van der Waals surface area contributed by atoms with E-state index in [-0.39, 0.29) is 37.4 Å². The summed E-state index contributed by atoms with van der Waals surface area (Å²) < 4.78 is 0. The van der Waals surface area contributed by atoms with Crippen LogP contribution in [-0.4, -0.2) is 56.7 Å². The molecule has 0 bridgehead atoms. The van der Waals surface area contributed by atoms with E-state index in [0.717, 1.165) is 50.5 Å². The van der Waals surface area contributed by atoms with Crippen LogP contribution in [0.25, 0.3) is 0 Å². The number of imide groups is 1. The van der Waals surface area contributed by atoms with Crippen molar-refractivity contribution in [2.45, 2.75) is 89.3 Å². The molecular weight excluding hydrogens is 422 g/mol. The number of aliphatic carboxylic acids is 1. The number of carbonyl (C=O) groups excluding carboxylic acids is 2. The fourth-order valence-corrected chi connectivity index (χ4v) is 4.83. The van der Waals surface area contributed by atoms with Crippen molar-refractivity contribution in [1.82, 2.24) is 15.3 Å². The van der Waals surface area contributed by atoms with Gasteiger partial charge in [0.05, 0.1) is 12.6 Å². The first-order valence-electron chi connectivity index (χ1n) is 12.3. The first-order chi connectivity index (χ1) is 16.0. The molecule has 2 unspecified atom stereocenters. The van der Waals surface area contributed by atoms with Crippen LogP contribution >= 0.6 is 0 Å². The molecule has 2 fully saturated rings. The Morgan fingerprint density at radius 1 is 1.03 bits per heavy atom. The maximum absolute atomic E-state index is 13.2. The van der Waals surface area contributed by atoms with Gasteiger partial charge < -0.3 is 10.2 Å². The Hall–Kier alpha value is -2.45. The summed E-state index contributed by atoms with van der Waals surface area (Å²) in [4.78, 5) is 38.3. The fraction of sp³-hybridized carbons (Fsp3) is 0.640. The highest BCUT2D eigenvalue weighted by Crippen LogP contribution is 2.27. The first-order valence-corrected chi connectivity index (χ1v) is 12.3. The zero-order valence-electron chi connectivity index (χ0n) is 19.3. The van der Waals surface area contributed by atoms with Crippen LogP contribution < -0.4 is 5.43 Å². The Morgan fingerprint density at radius 2 is 1.73 bits per heavy atom. The van der Waals surface area contributed by atoms with Gasteiger partial charge in [-0.3, -0.25) is 14.5 Å². The Labute approximate surface area is 195 Å². The summed E-state index contributed by atoms with van der Waals surface area (Å²) in [6.45, 7) is 0.467. The molecule has 0 radical (unpaired) electrons. The topological polar surface area (TPSA) is 110 Å². The van der Waals surface area contributed by atoms with Gasteiger partial charge in [-0.25, -0.2) is 15.2 Å². The van der Waals surface area contributed by atoms with Crippen molar-refractivity contribution in [1.29, 1.82) is 0 Å². The largest absolute Gasteiger partial charge is 0.481 e. The lowest BCUT2D eigenvalue weighted by Gasteiger charge is -2.29. The maximum atomic E-state index is 13.2. The molecule has 1 aromatic carbocycles. The van der Waals surface area contributed by atoms with E-state index in [2.05, 4.69) is 5.43 Å². The van der Waals surface area contributed by atoms with Crippen molar-refractivity contribution in [3.63, 3.8) is 0 Å². The molecule has 8 nitrogen and oxygen atoms in total. The highest BCUT2D eigenvalue weighted by Gasteiger charge is 2.45. The van der Waals surface area contributed by atoms with E-state index in [0.29, 0.717) is 12.8 Å². The molecule has 1 saturated carbocycles. The first kappa shape index (κ1) is 25.2. The average molecular weight is 460 g/mol. The number of carbonyl (C=O) groups is 3. The molecule has 2 atom stereocenters. The molecule has 33 heavy (non-hydrogen) atoms. The summed E-state index contributed by atoms with van der Waals surface area (Å²) in [5.41, 5.74) is 3.97. The van der Waals surface area contributed by atoms with E-state index in [1.165, 1.54) is 16.3 Å². The second kappa shape index (κ2) is 12.7. The van der Waals surface area contributed by atoms with Gasteiger partial charge in [-0.1, -0.05) is 68.9 Å². The van der Waals surface area contributed by atoms with Gasteiger partial charge in [-0.15, -0.1) is 0 Å². The molecule has 1 saturated heterocycles. The van der Waals surface area contributed by atoms with Crippen LogP contribution in [0.4, 0.5) is 4.79 Å². The Kier molecular flexibility index (Phi) is 9.69. The van der Waals surface area contributed by atoms with Gasteiger partial charge in [-0.05, 0) is 37.2 Å². The fourth-order valence-electron chi connectivity index (χ4n) is 4.83. The number of nitrogens with one attached hydrogen (secondary N) is 1. The normalized spacial score (nSPS) is 20.5. The van der Waals surface area contributed by atoms with Crippen LogP contribution in [0.3, 0.4) is 0 Å². The zero-order chi connectivity index (χ0) is 23.6. The molecule has 1 aromatic rings. The molecule has 1 heterocycles. The summed E-state index contributed by atoms with van der Waals surface area (Å²) in [5, 5.41) is 20.8. The number of urea groups is 1. The number of carboxylic acid groups (broad SMARTS) is 1. The number of nitrogens with zero attached hydrogens (tertiary/aromatic N) is 2. The second-order valence-electron chi connectivity index (χ2n) is 9.25. The minimum absolute atomic E-state index is 0.151. The van der Waals surface area contributed by atoms with Gasteiger partial charge in [0.2, 0.25) is 0 Å². The smallest absolute Gasteiger partial charge is 0.342 e. The third kappa shape index (κ3) is 7.27. The molecule has 0 spiro atoms. The van der Waals surface area contributed by atoms with Gasteiger partial charge in [-0.2, -0.15) is 0 Å². The molecule has 182 valence electrons. The molecule has 1 aliphatic carbocycles. The highest BCUT2D eigenvalue weighted by atomic mass is 16.4. The van der Waals surface area contributed by atoms with Gasteiger partial charge >= 0.3 is 12.0 Å². The number of aliphatic hydroxyl groups is 1. The molecule has 3 amide bonds. The van der Waals surface area contributed by atoms with Crippen molar-refractivity contribution in [3.05, 3.63) is 35.9 Å². The zero-order valence-corrected chi connectivity index (χ0v) is 19.3. The molecule has 3 N–H and O–H groups in total. The second-order valence-corrected chi connectivity index (χ2v) is 9.25. The summed E-state index contributed by atoms with van der Waals surface area (Å²) in [6.07, 6.45) is 8.49. The minimum Gasteiger partial charge on any atom is -0.481 e. The van der Waals surface area contributed by atoms with E-state index in [1.54, 1.807) is 0 Å². The number of benzene rings is 1. The van der Waals surface area contributed by atoms with Crippen molar-refractivity contribution < 1.29 is 24.6 Å². The maximum Gasteiger partial charge on any atom is 0.342 e. The molecular formula is C25H37N3O5. The number of rotatable bonds is 13. The summed E-state index contributed by atoms with van der Waals surface area (Å²) in [7, 11) is 0. The predicted molar refractivity (Wildman–Crippen MR) is 124 cm³/mol. The van der Waals surface area contributed by atoms with Crippen LogP contribution in [0.1, 0.15) is 76.2 Å². The van der Waals surface area contributed by atoms with Gasteiger partial charge in [0.15, 0.2) is 0 Å². The van der Waals surface area contributed by atoms with E-state index in [1.807, 2.05) is 30.3 Å². The van der Waals surface area contributed by atoms with Crippen LogP contribution in [0.15, 0.2) is 30.3 Å². The Bertz CT molecular complexity index is 782. The number of hydrogen-bond donors (Lipinski definition) is 3. The third-order valence-electron chi connectivity index (χ3n) is 6.77. The number of aliphatic hydroxyl groups excluding tert-OH is 1. The molecule has 2 aliphatic rings. The third-order valence-corrected chi connectivity index (χ3v) is 6.77. The van der Waals surface area contributed by atoms with Crippen LogP contribution in [-0.2, 0) is 16.1 Å². The lowest BCUT2D eigenvalue weighted by molar-refractivity contribution is -0.137. The summed E-state index contributed by atoms with van der Waals surface area (Å²) >= 11 is 0. The van der Waals surface area contributed by atoms with Gasteiger partial charge in [0, 0.05) is 13.0 Å². The van der Waals surface area contributed by atoms with E-state index < -0.39 is 18.1 Å². The quantitative estimate of drug-likeness (QED) is 0.307. The van der Waals surface area contributed by atoms with E-state index in [4.69, 9.17) is 5.11 Å². The molecule has 8 heteroatoms.